The first-order valence-corrected chi connectivity index (χ1v) is 8.64. The summed E-state index contributed by atoms with van der Waals surface area (Å²) in [6.45, 7) is 0.586. The highest BCUT2D eigenvalue weighted by atomic mass is 79.9. The number of halogens is 1. The molecule has 0 radical (unpaired) electrons. The van der Waals surface area contributed by atoms with E-state index in [2.05, 4.69) is 38.4 Å². The van der Waals surface area contributed by atoms with Crippen LogP contribution in [-0.4, -0.2) is 23.8 Å². The summed E-state index contributed by atoms with van der Waals surface area (Å²) in [5, 5.41) is 3.36. The van der Waals surface area contributed by atoms with Crippen molar-refractivity contribution >= 4 is 21.9 Å². The molecule has 1 aromatic heterocycles. The molecule has 6 heteroatoms. The molecule has 0 fully saturated rings. The van der Waals surface area contributed by atoms with E-state index in [-0.39, 0.29) is 0 Å². The quantitative estimate of drug-likeness (QED) is 0.661. The molecule has 0 aliphatic rings. The number of anilines is 1. The van der Waals surface area contributed by atoms with E-state index in [1.807, 2.05) is 48.1 Å². The Morgan fingerprint density at radius 1 is 1.12 bits per heavy atom. The zero-order valence-electron chi connectivity index (χ0n) is 14.4. The smallest absolute Gasteiger partial charge is 0.203 e. The Morgan fingerprint density at radius 3 is 2.68 bits per heavy atom. The van der Waals surface area contributed by atoms with Gasteiger partial charge in [0.25, 0.3) is 0 Å². The lowest BCUT2D eigenvalue weighted by atomic mass is 10.2. The van der Waals surface area contributed by atoms with Crippen molar-refractivity contribution in [2.24, 2.45) is 7.05 Å². The summed E-state index contributed by atoms with van der Waals surface area (Å²) in [5.74, 6) is 2.40. The molecule has 0 aliphatic carbocycles. The minimum Gasteiger partial charge on any atom is -0.497 e. The van der Waals surface area contributed by atoms with E-state index in [0.717, 1.165) is 38.7 Å². The lowest BCUT2D eigenvalue weighted by Crippen LogP contribution is -2.07. The molecule has 0 amide bonds. The van der Waals surface area contributed by atoms with Crippen molar-refractivity contribution in [1.82, 2.24) is 9.55 Å². The first-order valence-electron chi connectivity index (χ1n) is 7.85. The van der Waals surface area contributed by atoms with E-state index in [0.29, 0.717) is 6.54 Å². The van der Waals surface area contributed by atoms with Crippen LogP contribution in [0.3, 0.4) is 0 Å². The van der Waals surface area contributed by atoms with Crippen LogP contribution in [0.1, 0.15) is 5.56 Å². The Labute approximate surface area is 155 Å². The highest BCUT2D eigenvalue weighted by Crippen LogP contribution is 2.27. The van der Waals surface area contributed by atoms with Crippen LogP contribution in [-0.2, 0) is 13.6 Å². The number of rotatable bonds is 6. The van der Waals surface area contributed by atoms with E-state index >= 15 is 0 Å². The monoisotopic (exact) mass is 401 g/mol. The van der Waals surface area contributed by atoms with Crippen molar-refractivity contribution in [3.8, 4) is 22.8 Å². The molecule has 0 saturated carbocycles. The fraction of sp³-hybridized carbons (Fsp3) is 0.211. The number of hydrogen-bond donors (Lipinski definition) is 1. The topological polar surface area (TPSA) is 48.3 Å². The molecule has 0 atom stereocenters. The fourth-order valence-electron chi connectivity index (χ4n) is 2.68. The highest BCUT2D eigenvalue weighted by Gasteiger charge is 2.10. The second-order valence-corrected chi connectivity index (χ2v) is 6.48. The number of imidazole rings is 1. The molecular formula is C19H20BrN3O2. The van der Waals surface area contributed by atoms with E-state index in [4.69, 9.17) is 9.47 Å². The normalized spacial score (nSPS) is 10.6. The molecule has 0 bridgehead atoms. The molecular weight excluding hydrogens is 382 g/mol. The largest absolute Gasteiger partial charge is 0.497 e. The first kappa shape index (κ1) is 17.4. The molecule has 130 valence electrons. The first-order chi connectivity index (χ1) is 12.1. The van der Waals surface area contributed by atoms with Gasteiger partial charge in [0.1, 0.15) is 11.5 Å². The molecule has 3 aromatic rings. The summed E-state index contributed by atoms with van der Waals surface area (Å²) in [5.41, 5.74) is 3.16. The van der Waals surface area contributed by atoms with E-state index in [1.54, 1.807) is 14.2 Å². The summed E-state index contributed by atoms with van der Waals surface area (Å²) >= 11 is 3.51. The van der Waals surface area contributed by atoms with Crippen LogP contribution in [0.25, 0.3) is 11.3 Å². The van der Waals surface area contributed by atoms with Crippen LogP contribution in [0.5, 0.6) is 11.5 Å². The molecule has 25 heavy (non-hydrogen) atoms. The predicted octanol–water partition coefficient (Wildman–Crippen LogP) is 4.48. The molecule has 0 saturated heterocycles. The van der Waals surface area contributed by atoms with Gasteiger partial charge in [0.05, 0.1) is 26.1 Å². The van der Waals surface area contributed by atoms with Crippen molar-refractivity contribution in [3.63, 3.8) is 0 Å². The lowest BCUT2D eigenvalue weighted by molar-refractivity contribution is 0.399. The number of nitrogens with one attached hydrogen (secondary N) is 1. The van der Waals surface area contributed by atoms with Gasteiger partial charge in [0.2, 0.25) is 5.95 Å². The van der Waals surface area contributed by atoms with Gasteiger partial charge in [-0.2, -0.15) is 0 Å². The number of nitrogens with zero attached hydrogens (tertiary/aromatic N) is 2. The molecule has 0 spiro atoms. The molecule has 2 aromatic carbocycles. The molecule has 3 rings (SSSR count). The maximum absolute atomic E-state index is 5.42. The van der Waals surface area contributed by atoms with E-state index < -0.39 is 0 Å². The summed E-state index contributed by atoms with van der Waals surface area (Å²) < 4.78 is 13.8. The minimum atomic E-state index is 0.586. The molecule has 0 unspecified atom stereocenters. The van der Waals surface area contributed by atoms with Gasteiger partial charge in [0.15, 0.2) is 0 Å². The van der Waals surface area contributed by atoms with Crippen molar-refractivity contribution in [2.45, 2.75) is 6.54 Å². The van der Waals surface area contributed by atoms with Gasteiger partial charge in [-0.05, 0) is 30.3 Å². The molecule has 1 N–H and O–H groups in total. The Bertz CT molecular complexity index is 877. The second-order valence-electron chi connectivity index (χ2n) is 5.57. The number of benzene rings is 2. The van der Waals surface area contributed by atoms with Crippen LogP contribution in [0.4, 0.5) is 5.95 Å². The lowest BCUT2D eigenvalue weighted by Gasteiger charge is -2.12. The van der Waals surface area contributed by atoms with Gasteiger partial charge in [-0.25, -0.2) is 4.98 Å². The third-order valence-corrected chi connectivity index (χ3v) is 4.53. The maximum atomic E-state index is 5.42. The third-order valence-electron chi connectivity index (χ3n) is 4.03. The summed E-state index contributed by atoms with van der Waals surface area (Å²) in [7, 11) is 5.31. The SMILES string of the molecule is COc1ccc(OC)c(CNc2ncc(-c3cccc(Br)c3)n2C)c1. The van der Waals surface area contributed by atoms with Gasteiger partial charge >= 0.3 is 0 Å². The number of methoxy groups -OCH3 is 2. The van der Waals surface area contributed by atoms with E-state index in [9.17, 15) is 0 Å². The number of hydrogen-bond acceptors (Lipinski definition) is 4. The third kappa shape index (κ3) is 3.79. The average molecular weight is 402 g/mol. The van der Waals surface area contributed by atoms with E-state index in [1.165, 1.54) is 0 Å². The van der Waals surface area contributed by atoms with Gasteiger partial charge in [-0.15, -0.1) is 0 Å². The van der Waals surface area contributed by atoms with Crippen molar-refractivity contribution < 1.29 is 9.47 Å². The summed E-state index contributed by atoms with van der Waals surface area (Å²) in [6, 6.07) is 13.9. The number of aromatic nitrogens is 2. The van der Waals surface area contributed by atoms with Gasteiger partial charge in [-0.3, -0.25) is 0 Å². The van der Waals surface area contributed by atoms with Crippen LogP contribution in [0.15, 0.2) is 53.1 Å². The minimum absolute atomic E-state index is 0.586. The zero-order valence-corrected chi connectivity index (χ0v) is 16.0. The Balaban J connectivity index is 1.81. The van der Waals surface area contributed by atoms with Gasteiger partial charge in [0, 0.05) is 29.2 Å². The predicted molar refractivity (Wildman–Crippen MR) is 103 cm³/mol. The van der Waals surface area contributed by atoms with Crippen LogP contribution < -0.4 is 14.8 Å². The van der Waals surface area contributed by atoms with Crippen molar-refractivity contribution in [2.75, 3.05) is 19.5 Å². The van der Waals surface area contributed by atoms with Gasteiger partial charge in [-0.1, -0.05) is 28.1 Å². The van der Waals surface area contributed by atoms with Crippen LogP contribution in [0, 0.1) is 0 Å². The average Bonchev–Trinajstić information content (AvgIpc) is 3.00. The molecule has 0 aliphatic heterocycles. The van der Waals surface area contributed by atoms with Crippen LogP contribution >= 0.6 is 15.9 Å². The fourth-order valence-corrected chi connectivity index (χ4v) is 3.08. The Kier molecular flexibility index (Phi) is 5.28. The Hall–Kier alpha value is -2.47. The maximum Gasteiger partial charge on any atom is 0.203 e. The van der Waals surface area contributed by atoms with Crippen molar-refractivity contribution in [1.29, 1.82) is 0 Å². The summed E-state index contributed by atoms with van der Waals surface area (Å²) in [6.07, 6.45) is 1.87. The molecule has 1 heterocycles. The number of ether oxygens (including phenoxy) is 2. The standard InChI is InChI=1S/C19H20BrN3O2/c1-23-17(13-5-4-6-15(20)9-13)12-22-19(23)21-11-14-10-16(24-2)7-8-18(14)25-3/h4-10,12H,11H2,1-3H3,(H,21,22). The molecule has 5 nitrogen and oxygen atoms in total. The Morgan fingerprint density at radius 2 is 1.96 bits per heavy atom. The second kappa shape index (κ2) is 7.61. The van der Waals surface area contributed by atoms with Gasteiger partial charge < -0.3 is 19.4 Å². The van der Waals surface area contributed by atoms with Crippen molar-refractivity contribution in [3.05, 3.63) is 58.7 Å². The zero-order chi connectivity index (χ0) is 17.8. The highest BCUT2D eigenvalue weighted by molar-refractivity contribution is 9.10. The van der Waals surface area contributed by atoms with Crippen LogP contribution in [0.2, 0.25) is 0 Å². The summed E-state index contributed by atoms with van der Waals surface area (Å²) in [4.78, 5) is 4.50.